The van der Waals surface area contributed by atoms with Gasteiger partial charge in [0, 0.05) is 6.54 Å². The summed E-state index contributed by atoms with van der Waals surface area (Å²) in [4.78, 5) is -0.156. The van der Waals surface area contributed by atoms with Gasteiger partial charge in [0.25, 0.3) is 0 Å². The summed E-state index contributed by atoms with van der Waals surface area (Å²) in [6, 6.07) is 5.70. The van der Waals surface area contributed by atoms with Gasteiger partial charge in [-0.25, -0.2) is 21.6 Å². The molecule has 7 nitrogen and oxygen atoms in total. The third-order valence-electron chi connectivity index (χ3n) is 3.39. The minimum Gasteiger partial charge on any atom is -0.398 e. The lowest BCUT2D eigenvalue weighted by Gasteiger charge is -2.12. The van der Waals surface area contributed by atoms with Crippen LogP contribution in [0.5, 0.6) is 0 Å². The molecule has 0 aliphatic carbocycles. The van der Waals surface area contributed by atoms with E-state index in [1.807, 2.05) is 6.07 Å². The number of sulfonamides is 1. The van der Waals surface area contributed by atoms with E-state index in [2.05, 4.69) is 4.72 Å². The van der Waals surface area contributed by atoms with E-state index in [9.17, 15) is 16.8 Å². The Morgan fingerprint density at radius 2 is 2.14 bits per heavy atom. The van der Waals surface area contributed by atoms with Crippen molar-refractivity contribution in [2.75, 3.05) is 18.0 Å². The number of hydrogen-bond acceptors (Lipinski definition) is 6. The van der Waals surface area contributed by atoms with Gasteiger partial charge in [0.2, 0.25) is 10.0 Å². The summed E-state index contributed by atoms with van der Waals surface area (Å²) in [5, 5.41) is 8.03. The van der Waals surface area contributed by atoms with Crippen LogP contribution in [0.1, 0.15) is 18.4 Å². The molecule has 0 amide bonds. The third-order valence-corrected chi connectivity index (χ3v) is 7.17. The van der Waals surface area contributed by atoms with E-state index < -0.39 is 25.1 Å². The van der Waals surface area contributed by atoms with E-state index in [1.165, 1.54) is 18.2 Å². The largest absolute Gasteiger partial charge is 0.398 e. The predicted molar refractivity (Wildman–Crippen MR) is 77.6 cm³/mol. The molecular weight excluding hydrogens is 314 g/mol. The van der Waals surface area contributed by atoms with Gasteiger partial charge in [-0.3, -0.25) is 0 Å². The number of nitrogens with two attached hydrogens (primary N) is 1. The van der Waals surface area contributed by atoms with Gasteiger partial charge in [0.15, 0.2) is 9.84 Å². The van der Waals surface area contributed by atoms with Crippen molar-refractivity contribution in [1.82, 2.24) is 4.72 Å². The van der Waals surface area contributed by atoms with Gasteiger partial charge < -0.3 is 5.73 Å². The molecule has 1 atom stereocenters. The van der Waals surface area contributed by atoms with Gasteiger partial charge in [-0.05, 0) is 31.0 Å². The first-order valence-corrected chi connectivity index (χ1v) is 9.47. The first-order chi connectivity index (χ1) is 9.76. The summed E-state index contributed by atoms with van der Waals surface area (Å²) < 4.78 is 49.9. The van der Waals surface area contributed by atoms with Gasteiger partial charge in [-0.1, -0.05) is 0 Å². The smallest absolute Gasteiger partial charge is 0.242 e. The van der Waals surface area contributed by atoms with Crippen LogP contribution in [0, 0.1) is 11.3 Å². The van der Waals surface area contributed by atoms with Gasteiger partial charge in [-0.2, -0.15) is 5.26 Å². The lowest BCUT2D eigenvalue weighted by molar-refractivity contribution is 0.571. The maximum Gasteiger partial charge on any atom is 0.242 e. The van der Waals surface area contributed by atoms with Crippen molar-refractivity contribution < 1.29 is 16.8 Å². The highest BCUT2D eigenvalue weighted by molar-refractivity contribution is 7.92. The summed E-state index contributed by atoms with van der Waals surface area (Å²) in [5.41, 5.74) is 5.84. The molecule has 1 fully saturated rings. The Morgan fingerprint density at radius 3 is 2.67 bits per heavy atom. The van der Waals surface area contributed by atoms with E-state index in [1.54, 1.807) is 0 Å². The second-order valence-corrected chi connectivity index (χ2v) is 8.98. The van der Waals surface area contributed by atoms with Crippen LogP contribution in [-0.4, -0.2) is 34.4 Å². The molecular formula is C12H15N3O4S2. The molecule has 0 radical (unpaired) electrons. The van der Waals surface area contributed by atoms with Crippen molar-refractivity contribution >= 4 is 25.5 Å². The minimum absolute atomic E-state index is 0.0455. The zero-order valence-electron chi connectivity index (χ0n) is 11.1. The van der Waals surface area contributed by atoms with Crippen LogP contribution in [0.2, 0.25) is 0 Å². The maximum absolute atomic E-state index is 12.2. The van der Waals surface area contributed by atoms with Crippen LogP contribution >= 0.6 is 0 Å². The molecule has 0 aromatic heterocycles. The lowest BCUT2D eigenvalue weighted by Crippen LogP contribution is -2.34. The fourth-order valence-corrected chi connectivity index (χ4v) is 5.29. The molecule has 1 aromatic rings. The van der Waals surface area contributed by atoms with Crippen molar-refractivity contribution in [3.63, 3.8) is 0 Å². The number of nitriles is 1. The Morgan fingerprint density at radius 1 is 1.43 bits per heavy atom. The van der Waals surface area contributed by atoms with Gasteiger partial charge in [-0.15, -0.1) is 0 Å². The normalized spacial score (nSPS) is 21.0. The van der Waals surface area contributed by atoms with Crippen molar-refractivity contribution in [1.29, 1.82) is 5.26 Å². The highest BCUT2D eigenvalue weighted by Gasteiger charge is 2.32. The number of nitrogens with zero attached hydrogens (tertiary/aromatic N) is 1. The van der Waals surface area contributed by atoms with Crippen LogP contribution in [0.25, 0.3) is 0 Å². The molecule has 1 saturated heterocycles. The topological polar surface area (TPSA) is 130 Å². The Kier molecular flexibility index (Phi) is 4.22. The van der Waals surface area contributed by atoms with Crippen molar-refractivity contribution in [3.8, 4) is 6.07 Å². The summed E-state index contributed by atoms with van der Waals surface area (Å²) >= 11 is 0. The molecule has 0 bridgehead atoms. The highest BCUT2D eigenvalue weighted by atomic mass is 32.2. The summed E-state index contributed by atoms with van der Waals surface area (Å²) in [6.45, 7) is -0.163. The average molecular weight is 329 g/mol. The molecule has 1 aliphatic heterocycles. The third kappa shape index (κ3) is 3.34. The number of sulfone groups is 1. The molecule has 21 heavy (non-hydrogen) atoms. The number of nitrogen functional groups attached to an aromatic ring is 1. The minimum atomic E-state index is -3.90. The molecule has 3 N–H and O–H groups in total. The summed E-state index contributed by atoms with van der Waals surface area (Å²) in [5.74, 6) is 0.0956. The maximum atomic E-state index is 12.2. The van der Waals surface area contributed by atoms with Crippen molar-refractivity contribution in [2.45, 2.75) is 23.0 Å². The van der Waals surface area contributed by atoms with Gasteiger partial charge in [0.05, 0.1) is 28.3 Å². The second kappa shape index (κ2) is 5.63. The molecule has 0 saturated carbocycles. The van der Waals surface area contributed by atoms with E-state index in [4.69, 9.17) is 11.0 Å². The average Bonchev–Trinajstić information content (AvgIpc) is 2.75. The van der Waals surface area contributed by atoms with Crippen molar-refractivity contribution in [3.05, 3.63) is 23.8 Å². The van der Waals surface area contributed by atoms with E-state index in [0.29, 0.717) is 12.8 Å². The Hall–Kier alpha value is -1.63. The van der Waals surface area contributed by atoms with Gasteiger partial charge in [0.1, 0.15) is 4.90 Å². The SMILES string of the molecule is N#Cc1ccc(S(=O)(=O)NCC2CCCS2(=O)=O)c(N)c1. The summed E-state index contributed by atoms with van der Waals surface area (Å²) in [7, 11) is -7.12. The lowest BCUT2D eigenvalue weighted by atomic mass is 10.2. The molecule has 1 aliphatic rings. The van der Waals surface area contributed by atoms with Crippen LogP contribution in [0.3, 0.4) is 0 Å². The van der Waals surface area contributed by atoms with Gasteiger partial charge >= 0.3 is 0 Å². The molecule has 2 rings (SSSR count). The zero-order chi connectivity index (χ0) is 15.7. The number of hydrogen-bond donors (Lipinski definition) is 2. The number of rotatable bonds is 4. The predicted octanol–water partition coefficient (Wildman–Crippen LogP) is -0.00402. The van der Waals surface area contributed by atoms with Crippen LogP contribution < -0.4 is 10.5 Å². The fraction of sp³-hybridized carbons (Fsp3) is 0.417. The van der Waals surface area contributed by atoms with E-state index >= 15 is 0 Å². The molecule has 114 valence electrons. The van der Waals surface area contributed by atoms with Crippen LogP contribution in [-0.2, 0) is 19.9 Å². The number of anilines is 1. The fourth-order valence-electron chi connectivity index (χ4n) is 2.23. The number of benzene rings is 1. The molecule has 1 unspecified atom stereocenters. The molecule has 9 heteroatoms. The number of nitrogens with one attached hydrogen (secondary N) is 1. The Bertz CT molecular complexity index is 794. The van der Waals surface area contributed by atoms with E-state index in [-0.39, 0.29) is 28.4 Å². The first-order valence-electron chi connectivity index (χ1n) is 6.27. The highest BCUT2D eigenvalue weighted by Crippen LogP contribution is 2.22. The van der Waals surface area contributed by atoms with Crippen LogP contribution in [0.4, 0.5) is 5.69 Å². The van der Waals surface area contributed by atoms with Crippen molar-refractivity contribution in [2.24, 2.45) is 0 Å². The Balaban J connectivity index is 2.18. The molecule has 1 heterocycles. The molecule has 1 aromatic carbocycles. The quantitative estimate of drug-likeness (QED) is 0.747. The van der Waals surface area contributed by atoms with Crippen LogP contribution in [0.15, 0.2) is 23.1 Å². The zero-order valence-corrected chi connectivity index (χ0v) is 12.7. The Labute approximate surface area is 123 Å². The molecule has 0 spiro atoms. The summed E-state index contributed by atoms with van der Waals surface area (Å²) in [6.07, 6.45) is 1.00. The monoisotopic (exact) mass is 329 g/mol. The standard InChI is InChI=1S/C12H15N3O4S2/c13-7-9-3-4-12(11(14)6-9)21(18,19)15-8-10-2-1-5-20(10,16)17/h3-4,6,10,15H,1-2,5,8,14H2. The van der Waals surface area contributed by atoms with E-state index in [0.717, 1.165) is 0 Å². The first kappa shape index (κ1) is 15.8. The second-order valence-electron chi connectivity index (χ2n) is 4.85.